The number of hydrogen-bond acceptors (Lipinski definition) is 0. The molecule has 0 aliphatic heterocycles. The van der Waals surface area contributed by atoms with Crippen LogP contribution in [0, 0.1) is 6.07 Å². The van der Waals surface area contributed by atoms with Crippen molar-refractivity contribution in [3.8, 4) is 11.1 Å². The molecule has 0 saturated heterocycles. The quantitative estimate of drug-likeness (QED) is 0.470. The summed E-state index contributed by atoms with van der Waals surface area (Å²) in [5, 5.41) is 0. The summed E-state index contributed by atoms with van der Waals surface area (Å²) in [7, 11) is 0. The molecule has 1 radical (unpaired) electrons. The summed E-state index contributed by atoms with van der Waals surface area (Å²) >= 11 is 0. The fraction of sp³-hybridized carbons (Fsp3) is 0.143. The van der Waals surface area contributed by atoms with Crippen molar-refractivity contribution in [3.05, 3.63) is 59.7 Å². The van der Waals surface area contributed by atoms with Gasteiger partial charge in [0.1, 0.15) is 0 Å². The van der Waals surface area contributed by atoms with E-state index in [1.807, 2.05) is 6.07 Å². The standard InChI is InChI=1S/C14H11.2ClH.Zr/c1-10-11-6-2-4-8-13(11)14-9-5-3-7-12(10)14;;;/h2-6,8-10H,1H3;2*1H;/q-1;;;+3/p-2. The molecule has 0 nitrogen and oxygen atoms in total. The van der Waals surface area contributed by atoms with Crippen LogP contribution in [0.4, 0.5) is 0 Å². The fourth-order valence-corrected chi connectivity index (χ4v) is 2.32. The van der Waals surface area contributed by atoms with Crippen LogP contribution < -0.4 is 24.8 Å². The molecule has 0 bridgehead atoms. The Kier molecular flexibility index (Phi) is 6.70. The van der Waals surface area contributed by atoms with Gasteiger partial charge < -0.3 is 24.8 Å². The molecule has 2 aromatic carbocycles. The monoisotopic (exact) mass is 339 g/mol. The van der Waals surface area contributed by atoms with Crippen molar-refractivity contribution in [2.45, 2.75) is 12.8 Å². The maximum atomic E-state index is 3.35. The third-order valence-corrected chi connectivity index (χ3v) is 3.04. The van der Waals surface area contributed by atoms with E-state index < -0.39 is 0 Å². The molecular weight excluding hydrogens is 330 g/mol. The van der Waals surface area contributed by atoms with Crippen LogP contribution in [0.25, 0.3) is 11.1 Å². The Morgan fingerprint density at radius 2 is 1.59 bits per heavy atom. The van der Waals surface area contributed by atoms with Gasteiger partial charge in [-0.25, -0.2) is 0 Å². The molecule has 1 unspecified atom stereocenters. The van der Waals surface area contributed by atoms with Gasteiger partial charge in [0.25, 0.3) is 0 Å². The molecule has 1 aliphatic rings. The summed E-state index contributed by atoms with van der Waals surface area (Å²) in [6.45, 7) is 2.25. The molecule has 0 amide bonds. The summed E-state index contributed by atoms with van der Waals surface area (Å²) in [5.41, 5.74) is 5.51. The Morgan fingerprint density at radius 1 is 0.941 bits per heavy atom. The number of hydrogen-bond donors (Lipinski definition) is 0. The van der Waals surface area contributed by atoms with Crippen molar-refractivity contribution in [3.63, 3.8) is 0 Å². The van der Waals surface area contributed by atoms with Crippen LogP contribution in [0.1, 0.15) is 24.0 Å². The third kappa shape index (κ3) is 2.67. The molecule has 0 heterocycles. The summed E-state index contributed by atoms with van der Waals surface area (Å²) in [5.74, 6) is 0.502. The number of halogens is 2. The summed E-state index contributed by atoms with van der Waals surface area (Å²) < 4.78 is 0. The Balaban J connectivity index is 0.000000853. The Hall–Kier alpha value is -0.0969. The Morgan fingerprint density at radius 3 is 2.35 bits per heavy atom. The van der Waals surface area contributed by atoms with Crippen molar-refractivity contribution in [2.75, 3.05) is 0 Å². The van der Waals surface area contributed by atoms with Gasteiger partial charge in [0.15, 0.2) is 0 Å². The molecule has 0 saturated carbocycles. The van der Waals surface area contributed by atoms with Gasteiger partial charge in [-0.05, 0) is 11.5 Å². The second kappa shape index (κ2) is 6.73. The van der Waals surface area contributed by atoms with Crippen molar-refractivity contribution in [2.24, 2.45) is 0 Å². The maximum Gasteiger partial charge on any atom is 3.00 e. The molecule has 1 aliphatic carbocycles. The largest absolute Gasteiger partial charge is 3.00 e. The van der Waals surface area contributed by atoms with Gasteiger partial charge in [-0.2, -0.15) is 24.3 Å². The molecule has 0 aromatic heterocycles. The van der Waals surface area contributed by atoms with E-state index in [2.05, 4.69) is 49.4 Å². The minimum Gasteiger partial charge on any atom is -1.00 e. The molecule has 0 fully saturated rings. The average Bonchev–Trinajstić information content (AvgIpc) is 2.55. The van der Waals surface area contributed by atoms with Crippen LogP contribution in [0.15, 0.2) is 42.5 Å². The summed E-state index contributed by atoms with van der Waals surface area (Å²) in [6, 6.07) is 18.2. The summed E-state index contributed by atoms with van der Waals surface area (Å²) in [4.78, 5) is 0. The second-order valence-corrected chi connectivity index (χ2v) is 3.81. The van der Waals surface area contributed by atoms with E-state index >= 15 is 0 Å². The SMILES string of the molecule is CC1c2[c-]cccc2-c2ccccc21.[Cl-].[Cl-].[Zr+3]. The first-order chi connectivity index (χ1) is 6.88. The second-order valence-electron chi connectivity index (χ2n) is 3.81. The zero-order valence-electron chi connectivity index (χ0n) is 9.37. The maximum absolute atomic E-state index is 3.35. The van der Waals surface area contributed by atoms with Gasteiger partial charge in [-0.15, -0.1) is 11.1 Å². The predicted molar refractivity (Wildman–Crippen MR) is 58.2 cm³/mol. The topological polar surface area (TPSA) is 0 Å². The van der Waals surface area contributed by atoms with Crippen LogP contribution >= 0.6 is 0 Å². The van der Waals surface area contributed by atoms with Crippen LogP contribution in [0.2, 0.25) is 0 Å². The van der Waals surface area contributed by atoms with E-state index in [9.17, 15) is 0 Å². The molecule has 3 heteroatoms. The average molecular weight is 341 g/mol. The third-order valence-electron chi connectivity index (χ3n) is 3.04. The van der Waals surface area contributed by atoms with E-state index in [-0.39, 0.29) is 51.0 Å². The van der Waals surface area contributed by atoms with Crippen LogP contribution in [0.5, 0.6) is 0 Å². The molecule has 2 aromatic rings. The minimum atomic E-state index is 0. The van der Waals surface area contributed by atoms with Crippen molar-refractivity contribution in [1.82, 2.24) is 0 Å². The molecule has 3 rings (SSSR count). The predicted octanol–water partition coefficient (Wildman–Crippen LogP) is -2.38. The summed E-state index contributed by atoms with van der Waals surface area (Å²) in [6.07, 6.45) is 0. The molecule has 0 N–H and O–H groups in total. The minimum absolute atomic E-state index is 0. The van der Waals surface area contributed by atoms with Crippen LogP contribution in [0.3, 0.4) is 0 Å². The smallest absolute Gasteiger partial charge is 1.00 e. The van der Waals surface area contributed by atoms with E-state index in [0.717, 1.165) is 0 Å². The first-order valence-electron chi connectivity index (χ1n) is 4.98. The molecule has 17 heavy (non-hydrogen) atoms. The van der Waals surface area contributed by atoms with Crippen LogP contribution in [-0.2, 0) is 26.2 Å². The number of fused-ring (bicyclic) bond motifs is 3. The van der Waals surface area contributed by atoms with E-state index in [1.54, 1.807) is 0 Å². The van der Waals surface area contributed by atoms with Gasteiger partial charge in [0, 0.05) is 0 Å². The number of rotatable bonds is 0. The fourth-order valence-electron chi connectivity index (χ4n) is 2.32. The van der Waals surface area contributed by atoms with Crippen LogP contribution in [-0.4, -0.2) is 0 Å². The van der Waals surface area contributed by atoms with Gasteiger partial charge in [0.2, 0.25) is 0 Å². The van der Waals surface area contributed by atoms with Gasteiger partial charge in [-0.3, -0.25) is 0 Å². The molecule has 85 valence electrons. The van der Waals surface area contributed by atoms with E-state index in [4.69, 9.17) is 0 Å². The number of benzene rings is 2. The molecule has 1 atom stereocenters. The van der Waals surface area contributed by atoms with E-state index in [0.29, 0.717) is 5.92 Å². The van der Waals surface area contributed by atoms with Gasteiger partial charge in [0.05, 0.1) is 0 Å². The van der Waals surface area contributed by atoms with E-state index in [1.165, 1.54) is 22.3 Å². The Bertz CT molecular complexity index is 452. The molecule has 0 spiro atoms. The zero-order valence-corrected chi connectivity index (χ0v) is 13.3. The van der Waals surface area contributed by atoms with Gasteiger partial charge >= 0.3 is 26.2 Å². The normalized spacial score (nSPS) is 14.5. The van der Waals surface area contributed by atoms with Crippen molar-refractivity contribution < 1.29 is 51.0 Å². The van der Waals surface area contributed by atoms with Gasteiger partial charge in [-0.1, -0.05) is 36.8 Å². The first kappa shape index (κ1) is 16.9. The van der Waals surface area contributed by atoms with Crippen molar-refractivity contribution in [1.29, 1.82) is 0 Å². The molecular formula is C14H11Cl2Zr. The Labute approximate surface area is 134 Å². The first-order valence-corrected chi connectivity index (χ1v) is 4.98. The zero-order chi connectivity index (χ0) is 9.54. The van der Waals surface area contributed by atoms with Crippen molar-refractivity contribution >= 4 is 0 Å².